The predicted octanol–water partition coefficient (Wildman–Crippen LogP) is 3.32. The lowest BCUT2D eigenvalue weighted by atomic mass is 9.94. The van der Waals surface area contributed by atoms with Gasteiger partial charge in [-0.05, 0) is 49.8 Å². The monoisotopic (exact) mass is 217 g/mol. The van der Waals surface area contributed by atoms with E-state index >= 15 is 0 Å². The van der Waals surface area contributed by atoms with Crippen LogP contribution in [-0.2, 0) is 6.42 Å². The van der Waals surface area contributed by atoms with Crippen molar-refractivity contribution in [1.82, 2.24) is 5.32 Å². The molecule has 0 radical (unpaired) electrons. The summed E-state index contributed by atoms with van der Waals surface area (Å²) in [5.41, 5.74) is 2.96. The van der Waals surface area contributed by atoms with Crippen molar-refractivity contribution < 1.29 is 0 Å². The fourth-order valence-electron chi connectivity index (χ4n) is 2.13. The minimum atomic E-state index is 0.793. The third kappa shape index (κ3) is 3.34. The van der Waals surface area contributed by atoms with Crippen LogP contribution in [0.3, 0.4) is 0 Å². The molecule has 1 aromatic carbocycles. The number of hydrogen-bond acceptors (Lipinski definition) is 1. The lowest BCUT2D eigenvalue weighted by Crippen LogP contribution is -2.25. The van der Waals surface area contributed by atoms with Crippen molar-refractivity contribution in [2.45, 2.75) is 45.6 Å². The van der Waals surface area contributed by atoms with Crippen molar-refractivity contribution in [3.63, 3.8) is 0 Å². The van der Waals surface area contributed by atoms with Gasteiger partial charge in [-0.25, -0.2) is 0 Å². The van der Waals surface area contributed by atoms with Gasteiger partial charge in [0.2, 0.25) is 0 Å². The fourth-order valence-corrected chi connectivity index (χ4v) is 2.13. The van der Waals surface area contributed by atoms with E-state index in [1.807, 2.05) is 0 Å². The first-order valence-electron chi connectivity index (χ1n) is 6.57. The fraction of sp³-hybridized carbons (Fsp3) is 0.600. The predicted molar refractivity (Wildman–Crippen MR) is 69.7 cm³/mol. The Balaban J connectivity index is 1.87. The van der Waals surface area contributed by atoms with Gasteiger partial charge in [0, 0.05) is 6.04 Å². The van der Waals surface area contributed by atoms with Crippen LogP contribution in [0.4, 0.5) is 0 Å². The zero-order valence-corrected chi connectivity index (χ0v) is 10.5. The summed E-state index contributed by atoms with van der Waals surface area (Å²) < 4.78 is 0. The summed E-state index contributed by atoms with van der Waals surface area (Å²) >= 11 is 0. The number of hydrogen-bond donors (Lipinski definition) is 1. The summed E-state index contributed by atoms with van der Waals surface area (Å²) in [6.07, 6.45) is 5.28. The molecule has 16 heavy (non-hydrogen) atoms. The van der Waals surface area contributed by atoms with Crippen LogP contribution in [0.1, 0.15) is 37.3 Å². The first-order valence-corrected chi connectivity index (χ1v) is 6.57. The van der Waals surface area contributed by atoms with Crippen LogP contribution in [0.25, 0.3) is 0 Å². The lowest BCUT2D eigenvalue weighted by Gasteiger charge is -2.16. The van der Waals surface area contributed by atoms with E-state index in [-0.39, 0.29) is 0 Å². The van der Waals surface area contributed by atoms with Gasteiger partial charge >= 0.3 is 0 Å². The maximum Gasteiger partial charge on any atom is 0.00683 e. The van der Waals surface area contributed by atoms with Gasteiger partial charge in [-0.3, -0.25) is 0 Å². The zero-order valence-electron chi connectivity index (χ0n) is 10.5. The Labute approximate surface area is 99.3 Å². The van der Waals surface area contributed by atoms with Crippen LogP contribution >= 0.6 is 0 Å². The molecule has 1 fully saturated rings. The highest BCUT2D eigenvalue weighted by Gasteiger charge is 2.21. The van der Waals surface area contributed by atoms with Crippen LogP contribution in [0.2, 0.25) is 0 Å². The highest BCUT2D eigenvalue weighted by Crippen LogP contribution is 2.20. The Morgan fingerprint density at radius 2 is 2.06 bits per heavy atom. The molecule has 1 unspecified atom stereocenters. The SMILES string of the molecule is CCC(CNC1CC1)Cc1ccccc1C. The molecule has 1 aliphatic rings. The third-order valence-electron chi connectivity index (χ3n) is 3.62. The third-order valence-corrected chi connectivity index (χ3v) is 3.62. The van der Waals surface area contributed by atoms with E-state index in [1.54, 1.807) is 0 Å². The van der Waals surface area contributed by atoms with Crippen molar-refractivity contribution in [3.05, 3.63) is 35.4 Å². The summed E-state index contributed by atoms with van der Waals surface area (Å²) in [7, 11) is 0. The number of aryl methyl sites for hydroxylation is 1. The van der Waals surface area contributed by atoms with Gasteiger partial charge in [-0.2, -0.15) is 0 Å². The lowest BCUT2D eigenvalue weighted by molar-refractivity contribution is 0.458. The average Bonchev–Trinajstić information content (AvgIpc) is 3.10. The van der Waals surface area contributed by atoms with Crippen LogP contribution in [-0.4, -0.2) is 12.6 Å². The van der Waals surface area contributed by atoms with E-state index < -0.39 is 0 Å². The Morgan fingerprint density at radius 3 is 2.69 bits per heavy atom. The molecule has 88 valence electrons. The summed E-state index contributed by atoms with van der Waals surface area (Å²) in [5, 5.41) is 3.65. The van der Waals surface area contributed by atoms with E-state index in [1.165, 1.54) is 43.4 Å². The summed E-state index contributed by atoms with van der Waals surface area (Å²) in [6.45, 7) is 5.71. The van der Waals surface area contributed by atoms with Crippen LogP contribution in [0.15, 0.2) is 24.3 Å². The second kappa shape index (κ2) is 5.49. The van der Waals surface area contributed by atoms with E-state index in [9.17, 15) is 0 Å². The van der Waals surface area contributed by atoms with E-state index in [4.69, 9.17) is 0 Å². The molecule has 1 nitrogen and oxygen atoms in total. The first kappa shape index (κ1) is 11.7. The molecular formula is C15H23N. The second-order valence-electron chi connectivity index (χ2n) is 5.09. The Hall–Kier alpha value is -0.820. The molecule has 0 heterocycles. The summed E-state index contributed by atoms with van der Waals surface area (Å²) in [5.74, 6) is 0.793. The highest BCUT2D eigenvalue weighted by atomic mass is 14.9. The smallest absolute Gasteiger partial charge is 0.00683 e. The van der Waals surface area contributed by atoms with Crippen molar-refractivity contribution >= 4 is 0 Å². The number of benzene rings is 1. The van der Waals surface area contributed by atoms with Gasteiger partial charge in [0.15, 0.2) is 0 Å². The molecular weight excluding hydrogens is 194 g/mol. The molecule has 2 rings (SSSR count). The molecule has 0 aliphatic heterocycles. The Kier molecular flexibility index (Phi) is 4.00. The van der Waals surface area contributed by atoms with Gasteiger partial charge in [-0.15, -0.1) is 0 Å². The molecule has 0 spiro atoms. The maximum atomic E-state index is 3.65. The van der Waals surface area contributed by atoms with Crippen molar-refractivity contribution in [3.8, 4) is 0 Å². The Morgan fingerprint density at radius 1 is 1.31 bits per heavy atom. The van der Waals surface area contributed by atoms with Crippen molar-refractivity contribution in [1.29, 1.82) is 0 Å². The quantitative estimate of drug-likeness (QED) is 0.771. The average molecular weight is 217 g/mol. The van der Waals surface area contributed by atoms with Crippen LogP contribution in [0, 0.1) is 12.8 Å². The molecule has 1 saturated carbocycles. The van der Waals surface area contributed by atoms with E-state index in [2.05, 4.69) is 43.4 Å². The molecule has 0 bridgehead atoms. The van der Waals surface area contributed by atoms with Crippen LogP contribution in [0.5, 0.6) is 0 Å². The highest BCUT2D eigenvalue weighted by molar-refractivity contribution is 5.25. The molecule has 1 heteroatoms. The van der Waals surface area contributed by atoms with Gasteiger partial charge in [0.1, 0.15) is 0 Å². The first-order chi connectivity index (χ1) is 7.79. The minimum absolute atomic E-state index is 0.793. The van der Waals surface area contributed by atoms with E-state index in [0.717, 1.165) is 12.0 Å². The largest absolute Gasteiger partial charge is 0.314 e. The molecule has 1 aliphatic carbocycles. The number of rotatable bonds is 6. The summed E-state index contributed by atoms with van der Waals surface area (Å²) in [4.78, 5) is 0. The van der Waals surface area contributed by atoms with Gasteiger partial charge in [-0.1, -0.05) is 37.6 Å². The normalized spacial score (nSPS) is 17.4. The van der Waals surface area contributed by atoms with Gasteiger partial charge in [0.05, 0.1) is 0 Å². The Bertz CT molecular complexity index is 328. The molecule has 0 amide bonds. The second-order valence-corrected chi connectivity index (χ2v) is 5.09. The maximum absolute atomic E-state index is 3.65. The molecule has 1 aromatic rings. The van der Waals surface area contributed by atoms with Gasteiger partial charge in [0.25, 0.3) is 0 Å². The topological polar surface area (TPSA) is 12.0 Å². The van der Waals surface area contributed by atoms with Gasteiger partial charge < -0.3 is 5.32 Å². The minimum Gasteiger partial charge on any atom is -0.314 e. The standard InChI is InChI=1S/C15H23N/c1-3-13(11-16-15-8-9-15)10-14-7-5-4-6-12(14)2/h4-7,13,15-16H,3,8-11H2,1-2H3. The van der Waals surface area contributed by atoms with E-state index in [0.29, 0.717) is 0 Å². The molecule has 0 aromatic heterocycles. The number of nitrogens with one attached hydrogen (secondary N) is 1. The van der Waals surface area contributed by atoms with Crippen LogP contribution < -0.4 is 5.32 Å². The zero-order chi connectivity index (χ0) is 11.4. The molecule has 1 atom stereocenters. The molecule has 0 saturated heterocycles. The molecule has 1 N–H and O–H groups in total. The van der Waals surface area contributed by atoms with Crippen molar-refractivity contribution in [2.24, 2.45) is 5.92 Å². The van der Waals surface area contributed by atoms with Crippen molar-refractivity contribution in [2.75, 3.05) is 6.54 Å². The summed E-state index contributed by atoms with van der Waals surface area (Å²) in [6, 6.07) is 9.61.